The number of nitrogens with zero attached hydrogens (tertiary/aromatic N) is 7. The summed E-state index contributed by atoms with van der Waals surface area (Å²) in [5.74, 6) is 0.179. The lowest BCUT2D eigenvalue weighted by Crippen LogP contribution is -2.47. The predicted molar refractivity (Wildman–Crippen MR) is 334 cm³/mol. The molecule has 0 aliphatic carbocycles. The molecule has 3 heterocycles. The molecule has 0 aromatic heterocycles. The normalized spacial score (nSPS) is 15.0. The topological polar surface area (TPSA) is 257 Å². The van der Waals surface area contributed by atoms with Crippen molar-refractivity contribution in [3.63, 3.8) is 0 Å². The Morgan fingerprint density at radius 2 is 1.09 bits per heavy atom. The number of amides is 2. The van der Waals surface area contributed by atoms with Crippen LogP contribution in [-0.2, 0) is 35.5 Å². The van der Waals surface area contributed by atoms with Crippen LogP contribution in [0, 0.1) is 39.9 Å². The van der Waals surface area contributed by atoms with Crippen LogP contribution < -0.4 is 25.2 Å². The van der Waals surface area contributed by atoms with E-state index in [0.717, 1.165) is 113 Å². The Bertz CT molecular complexity index is 2990. The molecule has 0 atom stereocenters. The Hall–Kier alpha value is -7.49. The molecule has 4 aromatic carbocycles. The Morgan fingerprint density at radius 1 is 0.697 bits per heavy atom. The maximum Gasteiger partial charge on any atom is 0.446 e. The van der Waals surface area contributed by atoms with Crippen LogP contribution in [0.5, 0.6) is 5.75 Å². The number of piperidine rings is 3. The zero-order valence-electron chi connectivity index (χ0n) is 53.4. The minimum atomic E-state index is -4.64. The molecule has 7 rings (SSSR count). The SMILES string of the molecule is CN(C(=O)OC(C)(C)C)C1CCN(c2ccc([N+](=O)[O-])cc2)CC1.CN(C(=O)OC(C)(C)C)C1CCNCC1.CNC1CCN(c2ccc(CC(=O)CCN(C)S(=O)(=O)c3c(C)cc(OC)cc3C)cc2)CC1.O=CC(F)(F)F.O=[N+]([O-])c1ccc(F)cc1. The number of benzene rings is 4. The molecule has 0 spiro atoms. The Kier molecular flexibility index (Phi) is 29.8. The maximum atomic E-state index is 13.1. The van der Waals surface area contributed by atoms with Gasteiger partial charge in [-0.3, -0.25) is 29.8 Å². The van der Waals surface area contributed by atoms with Crippen molar-refractivity contribution in [1.82, 2.24) is 24.7 Å². The van der Waals surface area contributed by atoms with Crippen molar-refractivity contribution in [1.29, 1.82) is 0 Å². The van der Waals surface area contributed by atoms with E-state index in [1.807, 2.05) is 67.8 Å². The van der Waals surface area contributed by atoms with Crippen molar-refractivity contribution in [2.24, 2.45) is 0 Å². The Labute approximate surface area is 520 Å². The molecule has 3 saturated heterocycles. The Morgan fingerprint density at radius 3 is 1.47 bits per heavy atom. The van der Waals surface area contributed by atoms with E-state index >= 15 is 0 Å². The van der Waals surface area contributed by atoms with Gasteiger partial charge in [-0.15, -0.1) is 0 Å². The number of alkyl halides is 3. The Balaban J connectivity index is 0.000000325. The average molecular weight is 1280 g/mol. The number of nitro groups is 2. The van der Waals surface area contributed by atoms with Gasteiger partial charge in [-0.2, -0.15) is 13.2 Å². The van der Waals surface area contributed by atoms with Gasteiger partial charge in [0.2, 0.25) is 16.3 Å². The maximum absolute atomic E-state index is 13.1. The number of rotatable bonds is 15. The molecule has 3 aliphatic rings. The number of halogens is 4. The lowest BCUT2D eigenvalue weighted by atomic mass is 10.0. The fourth-order valence-corrected chi connectivity index (χ4v) is 11.2. The second-order valence-electron chi connectivity index (χ2n) is 23.6. The summed E-state index contributed by atoms with van der Waals surface area (Å²) in [6.45, 7) is 20.5. The number of non-ortho nitro benzene ring substituents is 2. The summed E-state index contributed by atoms with van der Waals surface area (Å²) in [4.78, 5) is 73.2. The number of ketones is 1. The molecular formula is C62H89F4N9O13S. The number of carbonyl (C=O) groups excluding carboxylic acids is 4. The highest BCUT2D eigenvalue weighted by Crippen LogP contribution is 2.29. The third kappa shape index (κ3) is 26.6. The van der Waals surface area contributed by atoms with Gasteiger partial charge in [0, 0.05) is 120 Å². The number of nitrogens with one attached hydrogen (secondary N) is 2. The highest BCUT2D eigenvalue weighted by atomic mass is 32.2. The number of hydrogen-bond acceptors (Lipinski definition) is 17. The molecule has 494 valence electrons. The molecule has 3 aliphatic heterocycles. The van der Waals surface area contributed by atoms with Gasteiger partial charge in [0.05, 0.1) is 21.9 Å². The molecule has 3 fully saturated rings. The zero-order valence-corrected chi connectivity index (χ0v) is 54.2. The number of anilines is 2. The van der Waals surface area contributed by atoms with E-state index < -0.39 is 49.4 Å². The fourth-order valence-electron chi connectivity index (χ4n) is 9.58. The van der Waals surface area contributed by atoms with E-state index in [1.54, 1.807) is 62.1 Å². The molecule has 0 saturated carbocycles. The standard InChI is InChI=1S/C26H37N3O4S.C17H25N3O4.C11H22N2O2.C6H4FNO2.C2HF3O/c1-19-16-25(33-5)17-20(2)26(19)34(31,32)28(4)13-12-24(30)18-21-6-8-23(9-7-21)29-14-10-22(27-3)11-15-29;1-17(2,3)24-16(21)18(4)13-9-11-19(12-10-13)14-5-7-15(8-6-14)20(22)23;1-11(2,3)15-10(14)13(4)9-5-7-12-8-6-9;7-5-1-3-6(4-2-5)8(9)10;3-2(4,5)1-6/h6-9,16-17,22,27H,10-15,18H2,1-5H3;5-8,13H,9-12H2,1-4H3;9,12H,5-8H2,1-4H3;1-4H;1H. The minimum absolute atomic E-state index is 0.0211. The van der Waals surface area contributed by atoms with Crippen molar-refractivity contribution in [3.05, 3.63) is 128 Å². The van der Waals surface area contributed by atoms with Crippen LogP contribution in [0.4, 0.5) is 49.9 Å². The van der Waals surface area contributed by atoms with Crippen LogP contribution in [0.25, 0.3) is 0 Å². The van der Waals surface area contributed by atoms with E-state index in [0.29, 0.717) is 35.4 Å². The van der Waals surface area contributed by atoms with Crippen molar-refractivity contribution < 1.29 is 69.2 Å². The number of hydrogen-bond donors (Lipinski definition) is 2. The van der Waals surface area contributed by atoms with Gasteiger partial charge in [0.1, 0.15) is 28.6 Å². The molecule has 27 heteroatoms. The second kappa shape index (κ2) is 35.0. The molecule has 89 heavy (non-hydrogen) atoms. The zero-order chi connectivity index (χ0) is 67.0. The first kappa shape index (κ1) is 75.8. The number of Topliss-reactive ketones (excluding diaryl/α,β-unsaturated/α-hetero) is 1. The highest BCUT2D eigenvalue weighted by molar-refractivity contribution is 7.89. The lowest BCUT2D eigenvalue weighted by Gasteiger charge is -2.38. The second-order valence-corrected chi connectivity index (χ2v) is 25.6. The van der Waals surface area contributed by atoms with Gasteiger partial charge in [0.25, 0.3) is 11.4 Å². The number of methoxy groups -OCH3 is 1. The number of sulfonamides is 1. The van der Waals surface area contributed by atoms with Crippen LogP contribution in [0.1, 0.15) is 103 Å². The van der Waals surface area contributed by atoms with E-state index in [9.17, 15) is 60.6 Å². The monoisotopic (exact) mass is 1280 g/mol. The molecule has 0 bridgehead atoms. The van der Waals surface area contributed by atoms with E-state index in [4.69, 9.17) is 19.0 Å². The predicted octanol–water partition coefficient (Wildman–Crippen LogP) is 10.8. The summed E-state index contributed by atoms with van der Waals surface area (Å²) in [5.41, 5.74) is 3.46. The van der Waals surface area contributed by atoms with E-state index in [1.165, 1.54) is 29.2 Å². The van der Waals surface area contributed by atoms with Gasteiger partial charge in [-0.05, 0) is 179 Å². The van der Waals surface area contributed by atoms with Gasteiger partial charge < -0.3 is 44.4 Å². The van der Waals surface area contributed by atoms with Crippen molar-refractivity contribution in [2.75, 3.05) is 90.9 Å². The molecule has 0 unspecified atom stereocenters. The van der Waals surface area contributed by atoms with Gasteiger partial charge in [-0.1, -0.05) is 12.1 Å². The van der Waals surface area contributed by atoms with Gasteiger partial charge >= 0.3 is 18.4 Å². The lowest BCUT2D eigenvalue weighted by molar-refractivity contribution is -0.385. The summed E-state index contributed by atoms with van der Waals surface area (Å²) in [5, 5.41) is 27.3. The summed E-state index contributed by atoms with van der Waals surface area (Å²) < 4.78 is 86.9. The van der Waals surface area contributed by atoms with Crippen molar-refractivity contribution in [3.8, 4) is 5.75 Å². The van der Waals surface area contributed by atoms with E-state index in [-0.39, 0.29) is 53.2 Å². The molecule has 0 radical (unpaired) electrons. The number of carbonyl (C=O) groups is 4. The van der Waals surface area contributed by atoms with Crippen LogP contribution in [-0.4, -0.2) is 173 Å². The fraction of sp³-hybridized carbons (Fsp3) is 0.548. The molecule has 22 nitrogen and oxygen atoms in total. The van der Waals surface area contributed by atoms with Crippen LogP contribution in [0.15, 0.2) is 89.8 Å². The first-order valence-electron chi connectivity index (χ1n) is 29.2. The van der Waals surface area contributed by atoms with Crippen LogP contribution in [0.2, 0.25) is 0 Å². The number of ether oxygens (including phenoxy) is 3. The smallest absolute Gasteiger partial charge is 0.446 e. The van der Waals surface area contributed by atoms with Crippen LogP contribution in [0.3, 0.4) is 0 Å². The van der Waals surface area contributed by atoms with Gasteiger partial charge in [-0.25, -0.2) is 26.7 Å². The molecule has 4 aromatic rings. The number of aldehydes is 1. The van der Waals surface area contributed by atoms with Crippen molar-refractivity contribution in [2.45, 2.75) is 147 Å². The summed E-state index contributed by atoms with van der Waals surface area (Å²) in [6, 6.07) is 23.6. The first-order chi connectivity index (χ1) is 41.5. The first-order valence-corrected chi connectivity index (χ1v) is 30.6. The third-order valence-corrected chi connectivity index (χ3v) is 16.6. The quantitative estimate of drug-likeness (QED) is 0.0485. The van der Waals surface area contributed by atoms with Gasteiger partial charge in [0.15, 0.2) is 0 Å². The number of nitro benzene ring substituents is 2. The highest BCUT2D eigenvalue weighted by Gasteiger charge is 2.31. The minimum Gasteiger partial charge on any atom is -0.497 e. The van der Waals surface area contributed by atoms with Crippen LogP contribution >= 0.6 is 0 Å². The third-order valence-electron chi connectivity index (χ3n) is 14.5. The summed E-state index contributed by atoms with van der Waals surface area (Å²) >= 11 is 0. The molecule has 2 N–H and O–H groups in total. The largest absolute Gasteiger partial charge is 0.497 e. The summed E-state index contributed by atoms with van der Waals surface area (Å²) in [7, 11) is 5.00. The molecular weight excluding hydrogens is 1190 g/mol. The summed E-state index contributed by atoms with van der Waals surface area (Å²) in [6.07, 6.45) is 0.217. The number of aryl methyl sites for hydroxylation is 2. The van der Waals surface area contributed by atoms with E-state index in [2.05, 4.69) is 32.6 Å². The average Bonchev–Trinajstić information content (AvgIpc) is 1.57. The molecule has 2 amide bonds. The van der Waals surface area contributed by atoms with Crippen molar-refractivity contribution >= 4 is 57.0 Å².